The second-order valence-electron chi connectivity index (χ2n) is 8.24. The third-order valence-corrected chi connectivity index (χ3v) is 11.4. The van der Waals surface area contributed by atoms with Crippen LogP contribution in [0.4, 0.5) is 0 Å². The molecule has 1 saturated heterocycles. The van der Waals surface area contributed by atoms with Crippen LogP contribution >= 0.6 is 45.4 Å². The van der Waals surface area contributed by atoms with Gasteiger partial charge in [0.05, 0.1) is 12.7 Å². The number of aromatic amines is 1. The Bertz CT molecular complexity index is 1140. The van der Waals surface area contributed by atoms with Crippen LogP contribution in [0, 0.1) is 6.92 Å². The average Bonchev–Trinajstić information content (AvgIpc) is 3.12. The number of aromatic nitrogens is 2. The predicted octanol–water partition coefficient (Wildman–Crippen LogP) is 0.499. The van der Waals surface area contributed by atoms with Gasteiger partial charge in [-0.05, 0) is 29.4 Å². The van der Waals surface area contributed by atoms with E-state index in [1.807, 2.05) is 13.8 Å². The van der Waals surface area contributed by atoms with Crippen LogP contribution in [0.5, 0.6) is 0 Å². The number of nitrogens with two attached hydrogens (primary N) is 1. The van der Waals surface area contributed by atoms with Gasteiger partial charge in [-0.2, -0.15) is 9.79 Å². The Balaban J connectivity index is 2.13. The van der Waals surface area contributed by atoms with Gasteiger partial charge in [0.2, 0.25) is 0 Å². The van der Waals surface area contributed by atoms with Crippen LogP contribution in [0.3, 0.4) is 0 Å². The largest absolute Gasteiger partial charge is 0.591 e. The van der Waals surface area contributed by atoms with Gasteiger partial charge in [-0.15, -0.1) is 0 Å². The van der Waals surface area contributed by atoms with Crippen molar-refractivity contribution < 1.29 is 56.2 Å². The minimum absolute atomic E-state index is 0.0553. The third-order valence-electron chi connectivity index (χ3n) is 4.57. The number of nitrogens with zero attached hydrogens (tertiary/aromatic N) is 1. The van der Waals surface area contributed by atoms with Gasteiger partial charge in [0.1, 0.15) is 18.3 Å². The Morgan fingerprint density at radius 1 is 1.27 bits per heavy atom. The normalized spacial score (nSPS) is 22.8. The number of H-pyrrole nitrogens is 1. The second kappa shape index (κ2) is 13.0. The Kier molecular flexibility index (Phi) is 11.6. The molecule has 0 spiro atoms. The fourth-order valence-electron chi connectivity index (χ4n) is 2.81. The first-order chi connectivity index (χ1) is 16.8. The molecule has 0 saturated carbocycles. The van der Waals surface area contributed by atoms with E-state index < -0.39 is 60.1 Å². The van der Waals surface area contributed by atoms with Crippen LogP contribution in [-0.4, -0.2) is 70.1 Å². The van der Waals surface area contributed by atoms with Crippen molar-refractivity contribution in [3.8, 4) is 0 Å². The van der Waals surface area contributed by atoms with Crippen LogP contribution in [0.25, 0.3) is 0 Å². The van der Waals surface area contributed by atoms with Crippen molar-refractivity contribution in [2.45, 2.75) is 50.4 Å². The summed E-state index contributed by atoms with van der Waals surface area (Å²) in [5, 5.41) is 0. The molecule has 0 radical (unpaired) electrons. The van der Waals surface area contributed by atoms with Gasteiger partial charge in [0.25, 0.3) is 5.56 Å². The summed E-state index contributed by atoms with van der Waals surface area (Å²) in [5.41, 5.74) is 4.56. The van der Waals surface area contributed by atoms with Crippen LogP contribution in [0.15, 0.2) is 15.8 Å². The number of hydrogen-bond donors (Lipinski definition) is 7. The van der Waals surface area contributed by atoms with E-state index in [9.17, 15) is 33.4 Å². The zero-order chi connectivity index (χ0) is 28.2. The first kappa shape index (κ1) is 33.0. The number of phosphoric acid groups is 2. The molecule has 8 N–H and O–H groups in total. The maximum absolute atomic E-state index is 12.3. The van der Waals surface area contributed by atoms with Gasteiger partial charge in [-0.1, -0.05) is 21.6 Å². The van der Waals surface area contributed by atoms with E-state index in [4.69, 9.17) is 29.5 Å². The molecular formula is C15H29N3O14P3S2+. The van der Waals surface area contributed by atoms with Crippen molar-refractivity contribution in [2.75, 3.05) is 19.1 Å². The summed E-state index contributed by atoms with van der Waals surface area (Å²) < 4.78 is 47.6. The molecule has 2 heterocycles. The first-order valence-corrected chi connectivity index (χ1v) is 17.1. The van der Waals surface area contributed by atoms with E-state index in [2.05, 4.69) is 13.6 Å². The van der Waals surface area contributed by atoms with E-state index >= 15 is 0 Å². The Hall–Kier alpha value is -0.170. The number of phosphoric ester groups is 1. The van der Waals surface area contributed by atoms with E-state index in [-0.39, 0.29) is 22.7 Å². The van der Waals surface area contributed by atoms with Crippen molar-refractivity contribution in [2.24, 2.45) is 5.73 Å². The van der Waals surface area contributed by atoms with Gasteiger partial charge in [-0.3, -0.25) is 18.9 Å². The van der Waals surface area contributed by atoms with Crippen LogP contribution in [0.1, 0.15) is 32.1 Å². The molecule has 22 heteroatoms. The lowest BCUT2D eigenvalue weighted by Gasteiger charge is -2.22. The third kappa shape index (κ3) is 11.1. The van der Waals surface area contributed by atoms with Crippen LogP contribution in [0.2, 0.25) is 0 Å². The highest BCUT2D eigenvalue weighted by atomic mass is 33.1. The van der Waals surface area contributed by atoms with E-state index in [1.165, 1.54) is 34.7 Å². The van der Waals surface area contributed by atoms with Crippen LogP contribution < -0.4 is 17.0 Å². The SMILES string of the molecule is Cc1cn([C@H]2C[C@@H](OCSSC(C)(C)CN)[C@@H](COP(=O)(O)O[P+](O)(O)OP(=O)(O)O)O2)c(=O)[nH]c1=O. The second-order valence-corrected chi connectivity index (χ2v) is 15.7. The van der Waals surface area contributed by atoms with Crippen molar-refractivity contribution in [1.82, 2.24) is 9.55 Å². The highest BCUT2D eigenvalue weighted by Crippen LogP contribution is 2.71. The zero-order valence-corrected chi connectivity index (χ0v) is 24.0. The summed E-state index contributed by atoms with van der Waals surface area (Å²) in [5.74, 6) is 0.121. The summed E-state index contributed by atoms with van der Waals surface area (Å²) in [6.45, 7) is 5.00. The van der Waals surface area contributed by atoms with Gasteiger partial charge < -0.3 is 29.9 Å². The average molecular weight is 632 g/mol. The monoisotopic (exact) mass is 632 g/mol. The molecule has 1 aliphatic heterocycles. The lowest BCUT2D eigenvalue weighted by molar-refractivity contribution is -0.0545. The molecule has 1 aliphatic rings. The molecule has 0 amide bonds. The predicted molar refractivity (Wildman–Crippen MR) is 134 cm³/mol. The Morgan fingerprint density at radius 2 is 1.92 bits per heavy atom. The standard InChI is InChI=1S/C15H28N3O14P3S2/c1-9-5-18(14(20)17-13(9)19)12-4-10(28-8-36-37-15(2,3)7-16)11(30-12)6-29-34(24,25)32-35(26,27)31-33(21,22)23/h5,10-12,26-27H,4,6-8,16H2,1-3H3,(H3-,17,19,20,21,22,23,24,25)/p+1/t10-,11-,12-/m1/s1. The Labute approximate surface area is 218 Å². The van der Waals surface area contributed by atoms with E-state index in [1.54, 1.807) is 0 Å². The van der Waals surface area contributed by atoms with Crippen molar-refractivity contribution in [3.05, 3.63) is 32.6 Å². The van der Waals surface area contributed by atoms with Crippen molar-refractivity contribution in [1.29, 1.82) is 0 Å². The summed E-state index contributed by atoms with van der Waals surface area (Å²) in [6.07, 6.45) is -1.56. The summed E-state index contributed by atoms with van der Waals surface area (Å²) in [6, 6.07) is 0. The molecule has 214 valence electrons. The fraction of sp³-hybridized carbons (Fsp3) is 0.733. The summed E-state index contributed by atoms with van der Waals surface area (Å²) in [4.78, 5) is 72.0. The van der Waals surface area contributed by atoms with Crippen LogP contribution in [-0.2, 0) is 31.7 Å². The fourth-order valence-corrected chi connectivity index (χ4v) is 8.04. The maximum atomic E-state index is 12.3. The number of hydrogen-bond acceptors (Lipinski definition) is 14. The summed E-state index contributed by atoms with van der Waals surface area (Å²) in [7, 11) is -13.5. The molecule has 0 aromatic carbocycles. The molecule has 1 aromatic heterocycles. The molecule has 1 aromatic rings. The van der Waals surface area contributed by atoms with Gasteiger partial charge in [0, 0.05) is 29.5 Å². The molecular weight excluding hydrogens is 603 g/mol. The number of aryl methyl sites for hydroxylation is 1. The topological polar surface area (TPSA) is 262 Å². The van der Waals surface area contributed by atoms with E-state index in [0.717, 1.165) is 4.57 Å². The lowest BCUT2D eigenvalue weighted by atomic mass is 10.2. The van der Waals surface area contributed by atoms with Gasteiger partial charge in [-0.25, -0.2) is 13.9 Å². The molecule has 2 rings (SSSR count). The molecule has 17 nitrogen and oxygen atoms in total. The molecule has 37 heavy (non-hydrogen) atoms. The number of ether oxygens (including phenoxy) is 2. The smallest absolute Gasteiger partial charge is 0.364 e. The molecule has 4 atom stereocenters. The number of nitrogens with one attached hydrogen (secondary N) is 1. The quantitative estimate of drug-likeness (QED) is 0.0637. The first-order valence-electron chi connectivity index (χ1n) is 10.2. The Morgan fingerprint density at radius 3 is 2.51 bits per heavy atom. The van der Waals surface area contributed by atoms with Gasteiger partial charge in [0.15, 0.2) is 0 Å². The molecule has 0 bridgehead atoms. The molecule has 1 unspecified atom stereocenters. The summed E-state index contributed by atoms with van der Waals surface area (Å²) >= 11 is 0. The zero-order valence-electron chi connectivity index (χ0n) is 19.7. The minimum atomic E-state index is -5.49. The van der Waals surface area contributed by atoms with Gasteiger partial charge >= 0.3 is 29.5 Å². The van der Waals surface area contributed by atoms with E-state index in [0.29, 0.717) is 6.54 Å². The van der Waals surface area contributed by atoms with Crippen molar-refractivity contribution in [3.63, 3.8) is 0 Å². The lowest BCUT2D eigenvalue weighted by Crippen LogP contribution is -2.33. The maximum Gasteiger partial charge on any atom is 0.591 e. The van der Waals surface area contributed by atoms with Crippen molar-refractivity contribution >= 4 is 45.4 Å². The molecule has 0 aliphatic carbocycles. The highest BCUT2D eigenvalue weighted by Gasteiger charge is 2.55. The molecule has 1 fully saturated rings. The minimum Gasteiger partial charge on any atom is -0.364 e. The highest BCUT2D eigenvalue weighted by molar-refractivity contribution is 8.77. The number of rotatable bonds is 14.